The van der Waals surface area contributed by atoms with Crippen molar-refractivity contribution in [3.8, 4) is 0 Å². The van der Waals surface area contributed by atoms with Crippen molar-refractivity contribution in [1.29, 1.82) is 0 Å². The quantitative estimate of drug-likeness (QED) is 0.843. The molecule has 3 atom stereocenters. The topological polar surface area (TPSA) is 72.8 Å². The number of aliphatic hydroxyl groups is 1. The van der Waals surface area contributed by atoms with Crippen molar-refractivity contribution in [1.82, 2.24) is 0 Å². The molecule has 0 bridgehead atoms. The molecule has 0 radical (unpaired) electrons. The molecule has 1 aromatic rings. The Balaban J connectivity index is 2.00. The second-order valence-electron chi connectivity index (χ2n) is 4.84. The molecule has 1 saturated heterocycles. The first-order chi connectivity index (χ1) is 8.88. The number of hydrogen-bond donors (Lipinski definition) is 1. The average molecular weight is 286 g/mol. The van der Waals surface area contributed by atoms with Gasteiger partial charge in [0.05, 0.1) is 23.7 Å². The summed E-state index contributed by atoms with van der Waals surface area (Å²) in [5.41, 5.74) is 0.974. The molecule has 0 spiro atoms. The SMILES string of the molecule is Cc1ccc(S(=O)(=O)OC[C@H]2O[C@@H](C)C[C@@H]2O)cc1. The highest BCUT2D eigenvalue weighted by atomic mass is 32.2. The zero-order valence-electron chi connectivity index (χ0n) is 10.9. The monoisotopic (exact) mass is 286 g/mol. The predicted molar refractivity (Wildman–Crippen MR) is 69.3 cm³/mol. The van der Waals surface area contributed by atoms with Crippen molar-refractivity contribution in [2.24, 2.45) is 0 Å². The van der Waals surface area contributed by atoms with Gasteiger partial charge in [0, 0.05) is 6.42 Å². The van der Waals surface area contributed by atoms with Crippen molar-refractivity contribution in [2.75, 3.05) is 6.61 Å². The molecular formula is C13H18O5S. The molecular weight excluding hydrogens is 268 g/mol. The van der Waals surface area contributed by atoms with Gasteiger partial charge in [-0.15, -0.1) is 0 Å². The van der Waals surface area contributed by atoms with Crippen LogP contribution in [0.5, 0.6) is 0 Å². The maximum Gasteiger partial charge on any atom is 0.297 e. The van der Waals surface area contributed by atoms with Crippen LogP contribution >= 0.6 is 0 Å². The molecule has 0 unspecified atom stereocenters. The van der Waals surface area contributed by atoms with Crippen LogP contribution in [0.1, 0.15) is 18.9 Å². The second-order valence-corrected chi connectivity index (χ2v) is 6.46. The summed E-state index contributed by atoms with van der Waals surface area (Å²) in [6, 6.07) is 6.41. The highest BCUT2D eigenvalue weighted by Gasteiger charge is 2.33. The Kier molecular flexibility index (Phi) is 4.25. The summed E-state index contributed by atoms with van der Waals surface area (Å²) in [4.78, 5) is 0.110. The van der Waals surface area contributed by atoms with E-state index in [4.69, 9.17) is 8.92 Å². The normalized spacial score (nSPS) is 27.6. The first kappa shape index (κ1) is 14.5. The lowest BCUT2D eigenvalue weighted by molar-refractivity contribution is -0.00953. The fourth-order valence-corrected chi connectivity index (χ4v) is 2.94. The van der Waals surface area contributed by atoms with E-state index in [2.05, 4.69) is 0 Å². The Morgan fingerprint density at radius 1 is 1.37 bits per heavy atom. The molecule has 1 aliphatic heterocycles. The minimum absolute atomic E-state index is 0.0781. The van der Waals surface area contributed by atoms with Crippen molar-refractivity contribution < 1.29 is 22.4 Å². The number of ether oxygens (including phenoxy) is 1. The van der Waals surface area contributed by atoms with E-state index in [0.717, 1.165) is 5.56 Å². The second kappa shape index (κ2) is 5.58. The number of aliphatic hydroxyl groups excluding tert-OH is 1. The van der Waals surface area contributed by atoms with E-state index in [1.54, 1.807) is 12.1 Å². The van der Waals surface area contributed by atoms with Crippen LogP contribution < -0.4 is 0 Å². The molecule has 19 heavy (non-hydrogen) atoms. The molecule has 1 N–H and O–H groups in total. The molecule has 2 rings (SSSR count). The number of rotatable bonds is 4. The minimum Gasteiger partial charge on any atom is -0.390 e. The lowest BCUT2D eigenvalue weighted by Crippen LogP contribution is -2.28. The molecule has 1 aliphatic rings. The Bertz CT molecular complexity index is 522. The molecule has 106 valence electrons. The smallest absolute Gasteiger partial charge is 0.297 e. The molecule has 6 heteroatoms. The van der Waals surface area contributed by atoms with Crippen molar-refractivity contribution in [3.63, 3.8) is 0 Å². The zero-order valence-corrected chi connectivity index (χ0v) is 11.8. The fourth-order valence-electron chi connectivity index (χ4n) is 2.02. The summed E-state index contributed by atoms with van der Waals surface area (Å²) < 4.78 is 34.2. The van der Waals surface area contributed by atoms with E-state index in [1.807, 2.05) is 13.8 Å². The molecule has 0 aromatic heterocycles. The Morgan fingerprint density at radius 2 is 2.00 bits per heavy atom. The number of hydrogen-bond acceptors (Lipinski definition) is 5. The maximum atomic E-state index is 11.9. The summed E-state index contributed by atoms with van der Waals surface area (Å²) in [6.45, 7) is 3.54. The van der Waals surface area contributed by atoms with Crippen molar-refractivity contribution >= 4 is 10.1 Å². The van der Waals surface area contributed by atoms with E-state index >= 15 is 0 Å². The van der Waals surface area contributed by atoms with E-state index in [1.165, 1.54) is 12.1 Å². The first-order valence-corrected chi connectivity index (χ1v) is 7.59. The summed E-state index contributed by atoms with van der Waals surface area (Å²) in [7, 11) is -3.80. The largest absolute Gasteiger partial charge is 0.390 e. The summed E-state index contributed by atoms with van der Waals surface area (Å²) in [5, 5.41) is 9.66. The third kappa shape index (κ3) is 3.54. The van der Waals surface area contributed by atoms with Gasteiger partial charge in [-0.1, -0.05) is 17.7 Å². The van der Waals surface area contributed by atoms with Crippen LogP contribution in [0.3, 0.4) is 0 Å². The molecule has 0 amide bonds. The average Bonchev–Trinajstić information content (AvgIpc) is 2.66. The lowest BCUT2D eigenvalue weighted by atomic mass is 10.1. The maximum absolute atomic E-state index is 11.9. The molecule has 1 aromatic carbocycles. The highest BCUT2D eigenvalue weighted by molar-refractivity contribution is 7.86. The van der Waals surface area contributed by atoms with Gasteiger partial charge in [-0.2, -0.15) is 8.42 Å². The van der Waals surface area contributed by atoms with Crippen LogP contribution in [0, 0.1) is 6.92 Å². The van der Waals surface area contributed by atoms with Gasteiger partial charge in [-0.05, 0) is 26.0 Å². The van der Waals surface area contributed by atoms with Gasteiger partial charge in [0.1, 0.15) is 6.10 Å². The Labute approximate surface area is 113 Å². The van der Waals surface area contributed by atoms with E-state index in [0.29, 0.717) is 6.42 Å². The molecule has 1 fully saturated rings. The van der Waals surface area contributed by atoms with Crippen LogP contribution in [-0.4, -0.2) is 38.4 Å². The Morgan fingerprint density at radius 3 is 2.53 bits per heavy atom. The standard InChI is InChI=1S/C13H18O5S/c1-9-3-5-11(6-4-9)19(15,16)17-8-13-12(14)7-10(2)18-13/h3-6,10,12-14H,7-8H2,1-2H3/t10-,12-,13+/m0/s1. The summed E-state index contributed by atoms with van der Waals surface area (Å²) in [6.07, 6.45) is -0.845. The molecule has 0 saturated carbocycles. The summed E-state index contributed by atoms with van der Waals surface area (Å²) in [5.74, 6) is 0. The molecule has 5 nitrogen and oxygen atoms in total. The van der Waals surface area contributed by atoms with Crippen LogP contribution in [0.15, 0.2) is 29.2 Å². The van der Waals surface area contributed by atoms with Crippen LogP contribution in [0.25, 0.3) is 0 Å². The molecule has 1 heterocycles. The third-order valence-electron chi connectivity index (χ3n) is 3.11. The third-order valence-corrected chi connectivity index (χ3v) is 4.40. The van der Waals surface area contributed by atoms with Gasteiger partial charge in [0.2, 0.25) is 0 Å². The van der Waals surface area contributed by atoms with Gasteiger partial charge in [0.25, 0.3) is 10.1 Å². The number of aryl methyl sites for hydroxylation is 1. The predicted octanol–water partition coefficient (Wildman–Crippen LogP) is 1.24. The zero-order chi connectivity index (χ0) is 14.0. The van der Waals surface area contributed by atoms with E-state index in [-0.39, 0.29) is 17.6 Å². The van der Waals surface area contributed by atoms with Gasteiger partial charge < -0.3 is 9.84 Å². The van der Waals surface area contributed by atoms with Crippen molar-refractivity contribution in [2.45, 2.75) is 43.5 Å². The van der Waals surface area contributed by atoms with Crippen LogP contribution in [0.4, 0.5) is 0 Å². The number of benzene rings is 1. The van der Waals surface area contributed by atoms with E-state index in [9.17, 15) is 13.5 Å². The summed E-state index contributed by atoms with van der Waals surface area (Å²) >= 11 is 0. The first-order valence-electron chi connectivity index (χ1n) is 6.18. The van der Waals surface area contributed by atoms with Gasteiger partial charge in [-0.3, -0.25) is 4.18 Å². The minimum atomic E-state index is -3.80. The van der Waals surface area contributed by atoms with Crippen molar-refractivity contribution in [3.05, 3.63) is 29.8 Å². The Hall–Kier alpha value is -0.950. The van der Waals surface area contributed by atoms with Gasteiger partial charge in [0.15, 0.2) is 0 Å². The highest BCUT2D eigenvalue weighted by Crippen LogP contribution is 2.22. The van der Waals surface area contributed by atoms with Gasteiger partial charge >= 0.3 is 0 Å². The lowest BCUT2D eigenvalue weighted by Gasteiger charge is -2.14. The van der Waals surface area contributed by atoms with Crippen LogP contribution in [-0.2, 0) is 19.0 Å². The van der Waals surface area contributed by atoms with Crippen LogP contribution in [0.2, 0.25) is 0 Å². The van der Waals surface area contributed by atoms with E-state index < -0.39 is 22.3 Å². The molecule has 0 aliphatic carbocycles. The van der Waals surface area contributed by atoms with Gasteiger partial charge in [-0.25, -0.2) is 0 Å². The fraction of sp³-hybridized carbons (Fsp3) is 0.538.